The van der Waals surface area contributed by atoms with Crippen LogP contribution in [0.4, 0.5) is 0 Å². The number of rotatable bonds is 4. The maximum atomic E-state index is 9.80. The summed E-state index contributed by atoms with van der Waals surface area (Å²) in [4.78, 5) is 0. The smallest absolute Gasteiger partial charge is 0.0704 e. The summed E-state index contributed by atoms with van der Waals surface area (Å²) in [6.45, 7) is 0.628. The van der Waals surface area contributed by atoms with Crippen molar-refractivity contribution < 1.29 is 5.11 Å². The summed E-state index contributed by atoms with van der Waals surface area (Å²) in [5, 5.41) is 15.3. The Balaban J connectivity index is 2.30. The quantitative estimate of drug-likeness (QED) is 0.817. The van der Waals surface area contributed by atoms with Gasteiger partial charge in [-0.2, -0.15) is 0 Å². The van der Waals surface area contributed by atoms with Crippen LogP contribution in [0.15, 0.2) is 42.5 Å². The molecule has 0 bridgehead atoms. The van der Waals surface area contributed by atoms with Gasteiger partial charge in [-0.3, -0.25) is 0 Å². The van der Waals surface area contributed by atoms with Gasteiger partial charge in [0.25, 0.3) is 0 Å². The van der Waals surface area contributed by atoms with E-state index in [1.807, 2.05) is 25.2 Å². The molecule has 2 N–H and O–H groups in total. The van der Waals surface area contributed by atoms with Crippen LogP contribution in [0.25, 0.3) is 10.8 Å². The highest BCUT2D eigenvalue weighted by Gasteiger charge is 2.06. The first-order chi connectivity index (χ1) is 7.81. The Morgan fingerprint density at radius 2 is 1.88 bits per heavy atom. The van der Waals surface area contributed by atoms with Crippen molar-refractivity contribution in [2.45, 2.75) is 12.5 Å². The third-order valence-electron chi connectivity index (χ3n) is 2.78. The molecule has 0 aliphatic rings. The summed E-state index contributed by atoms with van der Waals surface area (Å²) in [5.74, 6) is 0. The number of fused-ring (bicyclic) bond motifs is 1. The van der Waals surface area contributed by atoms with Gasteiger partial charge < -0.3 is 10.4 Å². The first-order valence-corrected chi connectivity index (χ1v) is 5.60. The molecular formula is C14H17NO. The minimum Gasteiger partial charge on any atom is -0.391 e. The maximum Gasteiger partial charge on any atom is 0.0704 e. The standard InChI is InChI=1S/C14H17NO/c1-15-10-13(16)9-12-7-4-6-11-5-2-3-8-14(11)12/h2-8,13,15-16H,9-10H2,1H3. The van der Waals surface area contributed by atoms with Crippen molar-refractivity contribution in [3.63, 3.8) is 0 Å². The molecule has 0 radical (unpaired) electrons. The van der Waals surface area contributed by atoms with Gasteiger partial charge in [0, 0.05) is 13.0 Å². The third kappa shape index (κ3) is 2.40. The van der Waals surface area contributed by atoms with Gasteiger partial charge in [0.2, 0.25) is 0 Å². The van der Waals surface area contributed by atoms with E-state index in [0.717, 1.165) is 0 Å². The van der Waals surface area contributed by atoms with Gasteiger partial charge in [0.1, 0.15) is 0 Å². The number of aliphatic hydroxyl groups excluding tert-OH is 1. The zero-order valence-corrected chi connectivity index (χ0v) is 9.48. The molecule has 2 aromatic carbocycles. The van der Waals surface area contributed by atoms with Crippen molar-refractivity contribution >= 4 is 10.8 Å². The van der Waals surface area contributed by atoms with Crippen molar-refractivity contribution in [2.24, 2.45) is 0 Å². The fraction of sp³-hybridized carbons (Fsp3) is 0.286. The van der Waals surface area contributed by atoms with E-state index in [9.17, 15) is 5.11 Å². The van der Waals surface area contributed by atoms with E-state index in [1.54, 1.807) is 0 Å². The van der Waals surface area contributed by atoms with Crippen molar-refractivity contribution in [3.8, 4) is 0 Å². The lowest BCUT2D eigenvalue weighted by atomic mass is 10.00. The molecule has 2 heteroatoms. The Kier molecular flexibility index (Phi) is 3.54. The summed E-state index contributed by atoms with van der Waals surface area (Å²) >= 11 is 0. The number of likely N-dealkylation sites (N-methyl/N-ethyl adjacent to an activating group) is 1. The van der Waals surface area contributed by atoms with E-state index < -0.39 is 0 Å². The summed E-state index contributed by atoms with van der Waals surface area (Å²) in [7, 11) is 1.85. The number of hydrogen-bond donors (Lipinski definition) is 2. The highest BCUT2D eigenvalue weighted by Crippen LogP contribution is 2.19. The number of aliphatic hydroxyl groups is 1. The van der Waals surface area contributed by atoms with Crippen molar-refractivity contribution in [1.29, 1.82) is 0 Å². The lowest BCUT2D eigenvalue weighted by Gasteiger charge is -2.11. The van der Waals surface area contributed by atoms with Crippen LogP contribution in [0.3, 0.4) is 0 Å². The fourth-order valence-corrected chi connectivity index (χ4v) is 2.03. The molecule has 0 saturated heterocycles. The number of nitrogens with one attached hydrogen (secondary N) is 1. The highest BCUT2D eigenvalue weighted by atomic mass is 16.3. The Bertz CT molecular complexity index is 462. The molecule has 84 valence electrons. The van der Waals surface area contributed by atoms with Crippen LogP contribution in [0.1, 0.15) is 5.56 Å². The third-order valence-corrected chi connectivity index (χ3v) is 2.78. The minimum atomic E-state index is -0.323. The summed E-state index contributed by atoms with van der Waals surface area (Å²) in [6, 6.07) is 14.5. The number of hydrogen-bond acceptors (Lipinski definition) is 2. The summed E-state index contributed by atoms with van der Waals surface area (Å²) < 4.78 is 0. The molecule has 2 nitrogen and oxygen atoms in total. The van der Waals surface area contributed by atoms with E-state index in [1.165, 1.54) is 16.3 Å². The van der Waals surface area contributed by atoms with Crippen molar-refractivity contribution in [2.75, 3.05) is 13.6 Å². The Morgan fingerprint density at radius 1 is 1.12 bits per heavy atom. The van der Waals surface area contributed by atoms with Gasteiger partial charge in [0.15, 0.2) is 0 Å². The minimum absolute atomic E-state index is 0.323. The molecule has 0 fully saturated rings. The Labute approximate surface area is 95.9 Å². The molecule has 0 spiro atoms. The second-order valence-corrected chi connectivity index (χ2v) is 4.05. The zero-order valence-electron chi connectivity index (χ0n) is 9.48. The molecule has 1 unspecified atom stereocenters. The van der Waals surface area contributed by atoms with Crippen molar-refractivity contribution in [3.05, 3.63) is 48.0 Å². The first-order valence-electron chi connectivity index (χ1n) is 5.60. The molecule has 1 atom stereocenters. The van der Waals surface area contributed by atoms with Crippen LogP contribution >= 0.6 is 0 Å². The van der Waals surface area contributed by atoms with Crippen LogP contribution in [0.5, 0.6) is 0 Å². The van der Waals surface area contributed by atoms with Gasteiger partial charge in [-0.05, 0) is 23.4 Å². The van der Waals surface area contributed by atoms with Crippen LogP contribution in [-0.2, 0) is 6.42 Å². The van der Waals surface area contributed by atoms with Crippen LogP contribution in [0, 0.1) is 0 Å². The van der Waals surface area contributed by atoms with E-state index in [4.69, 9.17) is 0 Å². The van der Waals surface area contributed by atoms with E-state index in [2.05, 4.69) is 29.6 Å². The molecule has 0 heterocycles. The zero-order chi connectivity index (χ0) is 11.4. The molecule has 0 amide bonds. The monoisotopic (exact) mass is 215 g/mol. The molecule has 0 aromatic heterocycles. The predicted molar refractivity (Wildman–Crippen MR) is 67.6 cm³/mol. The summed E-state index contributed by atoms with van der Waals surface area (Å²) in [5.41, 5.74) is 1.21. The van der Waals surface area contributed by atoms with Gasteiger partial charge in [-0.25, -0.2) is 0 Å². The van der Waals surface area contributed by atoms with Gasteiger partial charge >= 0.3 is 0 Å². The predicted octanol–water partition coefficient (Wildman–Crippen LogP) is 1.96. The Hall–Kier alpha value is -1.38. The second-order valence-electron chi connectivity index (χ2n) is 4.05. The molecular weight excluding hydrogens is 198 g/mol. The first kappa shape index (κ1) is 11.1. The topological polar surface area (TPSA) is 32.3 Å². The largest absolute Gasteiger partial charge is 0.391 e. The molecule has 0 saturated carbocycles. The van der Waals surface area contributed by atoms with Gasteiger partial charge in [-0.1, -0.05) is 42.5 Å². The fourth-order valence-electron chi connectivity index (χ4n) is 2.03. The van der Waals surface area contributed by atoms with E-state index in [0.29, 0.717) is 13.0 Å². The van der Waals surface area contributed by atoms with Crippen LogP contribution < -0.4 is 5.32 Å². The second kappa shape index (κ2) is 5.10. The molecule has 2 rings (SSSR count). The highest BCUT2D eigenvalue weighted by molar-refractivity contribution is 5.85. The molecule has 0 aliphatic heterocycles. The lowest BCUT2D eigenvalue weighted by Crippen LogP contribution is -2.25. The maximum absolute atomic E-state index is 9.80. The average molecular weight is 215 g/mol. The van der Waals surface area contributed by atoms with E-state index in [-0.39, 0.29) is 6.10 Å². The van der Waals surface area contributed by atoms with Crippen molar-refractivity contribution in [1.82, 2.24) is 5.32 Å². The molecule has 0 aliphatic carbocycles. The molecule has 16 heavy (non-hydrogen) atoms. The van der Waals surface area contributed by atoms with Gasteiger partial charge in [0.05, 0.1) is 6.10 Å². The molecule has 2 aromatic rings. The van der Waals surface area contributed by atoms with E-state index >= 15 is 0 Å². The lowest BCUT2D eigenvalue weighted by molar-refractivity contribution is 0.175. The van der Waals surface area contributed by atoms with Gasteiger partial charge in [-0.15, -0.1) is 0 Å². The summed E-state index contributed by atoms with van der Waals surface area (Å²) in [6.07, 6.45) is 0.373. The average Bonchev–Trinajstić information content (AvgIpc) is 2.30. The normalized spacial score (nSPS) is 12.9. The van der Waals surface area contributed by atoms with Crippen LogP contribution in [0.2, 0.25) is 0 Å². The Morgan fingerprint density at radius 3 is 2.69 bits per heavy atom. The SMILES string of the molecule is CNCC(O)Cc1cccc2ccccc12. The number of benzene rings is 2. The van der Waals surface area contributed by atoms with Crippen LogP contribution in [-0.4, -0.2) is 24.8 Å².